The second-order valence-electron chi connectivity index (χ2n) is 7.69. The van der Waals surface area contributed by atoms with E-state index in [1.165, 1.54) is 17.2 Å². The molecule has 0 unspecified atom stereocenters. The summed E-state index contributed by atoms with van der Waals surface area (Å²) >= 11 is 0. The number of rotatable bonds is 9. The fraction of sp³-hybridized carbons (Fsp3) is 0.455. The van der Waals surface area contributed by atoms with Crippen molar-refractivity contribution in [2.45, 2.75) is 33.2 Å². The lowest BCUT2D eigenvalue weighted by Gasteiger charge is -2.23. The van der Waals surface area contributed by atoms with Gasteiger partial charge in [-0.25, -0.2) is 9.78 Å². The summed E-state index contributed by atoms with van der Waals surface area (Å²) in [7, 11) is 3.04. The van der Waals surface area contributed by atoms with Gasteiger partial charge in [0.2, 0.25) is 5.91 Å². The number of fused-ring (bicyclic) bond motifs is 1. The molecule has 0 atom stereocenters. The van der Waals surface area contributed by atoms with Crippen LogP contribution in [-0.4, -0.2) is 44.2 Å². The number of hydrogen-bond acceptors (Lipinski definition) is 5. The van der Waals surface area contributed by atoms with E-state index in [0.717, 1.165) is 23.3 Å². The van der Waals surface area contributed by atoms with Gasteiger partial charge in [-0.1, -0.05) is 12.1 Å². The topological polar surface area (TPSA) is 94.2 Å². The standard InChI is InChI=1S/C22H30N6O3/c1-5-27(17-9-6-8-16(2)14-17)13-11-23-18(29)10-7-12-28-15-24-20-19(28)21(30)26(4)22(31)25(20)3/h6,8-9,14-15H,5,7,10-13H2,1-4H3,(H,23,29). The van der Waals surface area contributed by atoms with Gasteiger partial charge in [0.1, 0.15) is 0 Å². The molecule has 0 aliphatic rings. The van der Waals surface area contributed by atoms with Gasteiger partial charge in [-0.05, 0) is 38.0 Å². The van der Waals surface area contributed by atoms with Gasteiger partial charge in [-0.15, -0.1) is 0 Å². The molecular weight excluding hydrogens is 396 g/mol. The number of benzene rings is 1. The first-order chi connectivity index (χ1) is 14.8. The van der Waals surface area contributed by atoms with Gasteiger partial charge in [-0.2, -0.15) is 0 Å². The Bertz CT molecular complexity index is 1190. The molecule has 1 aromatic carbocycles. The Morgan fingerprint density at radius 1 is 1.19 bits per heavy atom. The van der Waals surface area contributed by atoms with Crippen molar-refractivity contribution >= 4 is 22.8 Å². The van der Waals surface area contributed by atoms with E-state index >= 15 is 0 Å². The highest BCUT2D eigenvalue weighted by Crippen LogP contribution is 2.15. The molecule has 0 radical (unpaired) electrons. The Morgan fingerprint density at radius 2 is 1.97 bits per heavy atom. The van der Waals surface area contributed by atoms with E-state index < -0.39 is 5.69 Å². The molecule has 0 fully saturated rings. The van der Waals surface area contributed by atoms with Crippen molar-refractivity contribution in [1.29, 1.82) is 0 Å². The van der Waals surface area contributed by atoms with Crippen LogP contribution >= 0.6 is 0 Å². The first-order valence-electron chi connectivity index (χ1n) is 10.5. The number of nitrogens with one attached hydrogen (secondary N) is 1. The monoisotopic (exact) mass is 426 g/mol. The number of aryl methyl sites for hydroxylation is 3. The van der Waals surface area contributed by atoms with Gasteiger partial charge in [0.25, 0.3) is 5.56 Å². The van der Waals surface area contributed by atoms with Crippen LogP contribution in [-0.2, 0) is 25.4 Å². The molecule has 0 saturated carbocycles. The minimum Gasteiger partial charge on any atom is -0.370 e. The number of anilines is 1. The Kier molecular flexibility index (Phi) is 6.94. The van der Waals surface area contributed by atoms with Crippen LogP contribution in [0.4, 0.5) is 5.69 Å². The normalized spacial score (nSPS) is 11.1. The van der Waals surface area contributed by atoms with E-state index in [-0.39, 0.29) is 11.5 Å². The van der Waals surface area contributed by atoms with Gasteiger partial charge in [-0.3, -0.25) is 18.7 Å². The minimum atomic E-state index is -0.408. The van der Waals surface area contributed by atoms with Crippen LogP contribution in [0.15, 0.2) is 40.2 Å². The van der Waals surface area contributed by atoms with E-state index in [1.807, 2.05) is 6.07 Å². The van der Waals surface area contributed by atoms with Crippen LogP contribution in [0.3, 0.4) is 0 Å². The smallest absolute Gasteiger partial charge is 0.332 e. The average Bonchev–Trinajstić information content (AvgIpc) is 3.18. The van der Waals surface area contributed by atoms with Crippen molar-refractivity contribution in [1.82, 2.24) is 24.0 Å². The lowest BCUT2D eigenvalue weighted by molar-refractivity contribution is -0.121. The minimum absolute atomic E-state index is 0.0231. The van der Waals surface area contributed by atoms with Crippen LogP contribution in [0.1, 0.15) is 25.3 Å². The molecule has 3 aromatic rings. The van der Waals surface area contributed by atoms with Gasteiger partial charge in [0.05, 0.1) is 6.33 Å². The summed E-state index contributed by atoms with van der Waals surface area (Å²) in [5, 5.41) is 2.97. The van der Waals surface area contributed by atoms with Crippen LogP contribution in [0.5, 0.6) is 0 Å². The van der Waals surface area contributed by atoms with Crippen molar-refractivity contribution < 1.29 is 4.79 Å². The van der Waals surface area contributed by atoms with Gasteiger partial charge in [0.15, 0.2) is 11.2 Å². The van der Waals surface area contributed by atoms with Crippen molar-refractivity contribution in [2.75, 3.05) is 24.5 Å². The zero-order valence-electron chi connectivity index (χ0n) is 18.6. The molecule has 9 nitrogen and oxygen atoms in total. The maximum absolute atomic E-state index is 12.5. The Balaban J connectivity index is 1.52. The lowest BCUT2D eigenvalue weighted by atomic mass is 10.2. The molecule has 1 amide bonds. The molecule has 0 bridgehead atoms. The molecular formula is C22H30N6O3. The molecule has 0 spiro atoms. The van der Waals surface area contributed by atoms with E-state index in [9.17, 15) is 14.4 Å². The summed E-state index contributed by atoms with van der Waals surface area (Å²) in [5.41, 5.74) is 2.31. The van der Waals surface area contributed by atoms with Crippen molar-refractivity contribution in [3.8, 4) is 0 Å². The predicted octanol–water partition coefficient (Wildman–Crippen LogP) is 1.17. The Hall–Kier alpha value is -3.36. The molecule has 0 aliphatic carbocycles. The molecule has 0 saturated heterocycles. The van der Waals surface area contributed by atoms with E-state index in [4.69, 9.17) is 0 Å². The molecule has 1 N–H and O–H groups in total. The van der Waals surface area contributed by atoms with E-state index in [0.29, 0.717) is 37.1 Å². The highest BCUT2D eigenvalue weighted by Gasteiger charge is 2.14. The number of carbonyl (C=O) groups is 1. The summed E-state index contributed by atoms with van der Waals surface area (Å²) < 4.78 is 4.13. The number of carbonyl (C=O) groups excluding carboxylic acids is 1. The fourth-order valence-corrected chi connectivity index (χ4v) is 3.69. The molecule has 166 valence electrons. The average molecular weight is 427 g/mol. The summed E-state index contributed by atoms with van der Waals surface area (Å²) in [6, 6.07) is 8.32. The summed E-state index contributed by atoms with van der Waals surface area (Å²) in [6.07, 6.45) is 2.46. The predicted molar refractivity (Wildman–Crippen MR) is 122 cm³/mol. The number of imidazole rings is 1. The molecule has 3 rings (SSSR count). The lowest BCUT2D eigenvalue weighted by Crippen LogP contribution is -2.37. The second-order valence-corrected chi connectivity index (χ2v) is 7.69. The first kappa shape index (κ1) is 22.3. The number of amides is 1. The molecule has 2 aromatic heterocycles. The highest BCUT2D eigenvalue weighted by molar-refractivity contribution is 5.76. The third-order valence-corrected chi connectivity index (χ3v) is 5.47. The molecule has 0 aliphatic heterocycles. The molecule has 31 heavy (non-hydrogen) atoms. The van der Waals surface area contributed by atoms with Crippen LogP contribution in [0, 0.1) is 6.92 Å². The molecule has 2 heterocycles. The maximum atomic E-state index is 12.5. The largest absolute Gasteiger partial charge is 0.370 e. The maximum Gasteiger partial charge on any atom is 0.332 e. The fourth-order valence-electron chi connectivity index (χ4n) is 3.69. The van der Waals surface area contributed by atoms with Gasteiger partial charge in [0, 0.05) is 52.4 Å². The molecule has 9 heteroatoms. The summed E-state index contributed by atoms with van der Waals surface area (Å²) in [5.74, 6) is -0.0231. The van der Waals surface area contributed by atoms with Crippen molar-refractivity contribution in [3.63, 3.8) is 0 Å². The first-order valence-corrected chi connectivity index (χ1v) is 10.5. The quantitative estimate of drug-likeness (QED) is 0.554. The number of likely N-dealkylation sites (N-methyl/N-ethyl adjacent to an activating group) is 1. The zero-order chi connectivity index (χ0) is 22.5. The van der Waals surface area contributed by atoms with Crippen molar-refractivity contribution in [2.24, 2.45) is 14.1 Å². The summed E-state index contributed by atoms with van der Waals surface area (Å²) in [6.45, 7) is 6.81. The number of aromatic nitrogens is 4. The van der Waals surface area contributed by atoms with Gasteiger partial charge < -0.3 is 14.8 Å². The van der Waals surface area contributed by atoms with E-state index in [2.05, 4.69) is 47.2 Å². The van der Waals surface area contributed by atoms with Crippen molar-refractivity contribution in [3.05, 3.63) is 57.0 Å². The van der Waals surface area contributed by atoms with E-state index in [1.54, 1.807) is 17.9 Å². The SMILES string of the molecule is CCN(CCNC(=O)CCCn1cnc2c1c(=O)n(C)c(=O)n2C)c1cccc(C)c1. The third kappa shape index (κ3) is 4.87. The third-order valence-electron chi connectivity index (χ3n) is 5.47. The van der Waals surface area contributed by atoms with Crippen LogP contribution < -0.4 is 21.5 Å². The number of hydrogen-bond donors (Lipinski definition) is 1. The summed E-state index contributed by atoms with van der Waals surface area (Å²) in [4.78, 5) is 43.1. The Morgan fingerprint density at radius 3 is 2.68 bits per heavy atom. The van der Waals surface area contributed by atoms with Crippen LogP contribution in [0.2, 0.25) is 0 Å². The van der Waals surface area contributed by atoms with Gasteiger partial charge >= 0.3 is 5.69 Å². The van der Waals surface area contributed by atoms with Crippen LogP contribution in [0.25, 0.3) is 11.2 Å². The number of nitrogens with zero attached hydrogens (tertiary/aromatic N) is 5. The second kappa shape index (κ2) is 9.63. The Labute approximate surface area is 180 Å². The zero-order valence-corrected chi connectivity index (χ0v) is 18.6. The highest BCUT2D eigenvalue weighted by atomic mass is 16.2.